The van der Waals surface area contributed by atoms with Crippen LogP contribution in [0.1, 0.15) is 16.8 Å². The van der Waals surface area contributed by atoms with E-state index in [1.165, 1.54) is 0 Å². The van der Waals surface area contributed by atoms with Crippen LogP contribution < -0.4 is 24.8 Å². The fraction of sp³-hybridized carbons (Fsp3) is 0.130. The summed E-state index contributed by atoms with van der Waals surface area (Å²) < 4.78 is 16.2. The molecule has 0 saturated carbocycles. The van der Waals surface area contributed by atoms with Gasteiger partial charge in [0.25, 0.3) is 5.91 Å². The Morgan fingerprint density at radius 2 is 2.09 bits per heavy atom. The molecule has 32 heavy (non-hydrogen) atoms. The Hall–Kier alpha value is -4.40. The fourth-order valence-corrected chi connectivity index (χ4v) is 4.02. The van der Waals surface area contributed by atoms with Gasteiger partial charge in [-0.25, -0.2) is 4.98 Å². The predicted molar refractivity (Wildman–Crippen MR) is 120 cm³/mol. The molecule has 2 aliphatic heterocycles. The number of amides is 1. The van der Waals surface area contributed by atoms with Gasteiger partial charge in [-0.15, -0.1) is 0 Å². The molecule has 9 heteroatoms. The maximum absolute atomic E-state index is 12.7. The van der Waals surface area contributed by atoms with Gasteiger partial charge in [0.1, 0.15) is 11.3 Å². The molecule has 1 amide bonds. The van der Waals surface area contributed by atoms with Crippen LogP contribution in [0.25, 0.3) is 22.7 Å². The van der Waals surface area contributed by atoms with Crippen molar-refractivity contribution in [1.82, 2.24) is 15.0 Å². The van der Waals surface area contributed by atoms with Crippen LogP contribution in [0.4, 0.5) is 11.6 Å². The summed E-state index contributed by atoms with van der Waals surface area (Å²) in [7, 11) is 1.60. The van der Waals surface area contributed by atoms with Gasteiger partial charge in [0.2, 0.25) is 12.7 Å². The molecular weight excluding hydrogens is 410 g/mol. The summed E-state index contributed by atoms with van der Waals surface area (Å²) in [6, 6.07) is 11.4. The molecule has 2 aliphatic rings. The van der Waals surface area contributed by atoms with Gasteiger partial charge in [0, 0.05) is 18.3 Å². The highest BCUT2D eigenvalue weighted by Crippen LogP contribution is 2.39. The Morgan fingerprint density at radius 1 is 1.19 bits per heavy atom. The number of carbonyl (C=O) groups excluding carboxylic acids is 1. The number of H-pyrrole nitrogens is 2. The van der Waals surface area contributed by atoms with E-state index < -0.39 is 0 Å². The SMILES string of the molecule is COc1cc[nH]c1C=C1C(=O)Nc2ccc3[nH]c(NCc4ccc5c(c4)OCO5)nc3c21. The van der Waals surface area contributed by atoms with Crippen molar-refractivity contribution in [1.29, 1.82) is 0 Å². The zero-order chi connectivity index (χ0) is 21.7. The second kappa shape index (κ2) is 7.09. The van der Waals surface area contributed by atoms with Crippen molar-refractivity contribution in [3.05, 3.63) is 59.4 Å². The quantitative estimate of drug-likeness (QED) is 0.360. The third kappa shape index (κ3) is 2.94. The number of rotatable bonds is 5. The van der Waals surface area contributed by atoms with E-state index in [0.29, 0.717) is 29.3 Å². The van der Waals surface area contributed by atoms with Gasteiger partial charge in [-0.3, -0.25) is 4.79 Å². The number of imidazole rings is 1. The molecule has 0 aliphatic carbocycles. The minimum absolute atomic E-state index is 0.179. The standard InChI is InChI=1S/C23H19N5O4/c1-30-17-6-7-24-16(17)9-13-20-14(26-22(13)29)3-4-15-21(20)28-23(27-15)25-10-12-2-5-18-19(8-12)32-11-31-18/h2-9,24H,10-11H2,1H3,(H,26,29)(H2,25,27,28). The molecule has 0 saturated heterocycles. The lowest BCUT2D eigenvalue weighted by Crippen LogP contribution is -2.03. The number of benzene rings is 2. The third-order valence-corrected chi connectivity index (χ3v) is 5.56. The average Bonchev–Trinajstić information content (AvgIpc) is 3.58. The fourth-order valence-electron chi connectivity index (χ4n) is 4.02. The number of hydrogen-bond donors (Lipinski definition) is 4. The summed E-state index contributed by atoms with van der Waals surface area (Å²) in [4.78, 5) is 23.8. The van der Waals surface area contributed by atoms with E-state index in [4.69, 9.17) is 19.2 Å². The number of aromatic nitrogens is 3. The molecule has 0 radical (unpaired) electrons. The van der Waals surface area contributed by atoms with E-state index in [9.17, 15) is 4.79 Å². The highest BCUT2D eigenvalue weighted by molar-refractivity contribution is 6.37. The van der Waals surface area contributed by atoms with Crippen LogP contribution in [0.5, 0.6) is 17.2 Å². The van der Waals surface area contributed by atoms with Crippen molar-refractivity contribution in [2.75, 3.05) is 24.5 Å². The number of ether oxygens (including phenoxy) is 3. The Bertz CT molecular complexity index is 1400. The molecule has 0 atom stereocenters. The van der Waals surface area contributed by atoms with E-state index >= 15 is 0 Å². The molecule has 6 rings (SSSR count). The molecular formula is C23H19N5O4. The predicted octanol–water partition coefficient (Wildman–Crippen LogP) is 3.73. The highest BCUT2D eigenvalue weighted by Gasteiger charge is 2.28. The van der Waals surface area contributed by atoms with Crippen molar-refractivity contribution in [3.63, 3.8) is 0 Å². The van der Waals surface area contributed by atoms with Gasteiger partial charge in [-0.2, -0.15) is 0 Å². The molecule has 2 aromatic carbocycles. The van der Waals surface area contributed by atoms with Crippen LogP contribution in [0.3, 0.4) is 0 Å². The summed E-state index contributed by atoms with van der Waals surface area (Å²) in [5.74, 6) is 2.59. The van der Waals surface area contributed by atoms with Crippen LogP contribution in [0, 0.1) is 0 Å². The molecule has 0 bridgehead atoms. The van der Waals surface area contributed by atoms with E-state index in [0.717, 1.165) is 39.5 Å². The molecule has 0 unspecified atom stereocenters. The second-order valence-electron chi connectivity index (χ2n) is 7.48. The smallest absolute Gasteiger partial charge is 0.256 e. The zero-order valence-electron chi connectivity index (χ0n) is 17.1. The molecule has 9 nitrogen and oxygen atoms in total. The van der Waals surface area contributed by atoms with Crippen LogP contribution in [0.15, 0.2) is 42.6 Å². The lowest BCUT2D eigenvalue weighted by molar-refractivity contribution is -0.110. The topological polar surface area (TPSA) is 113 Å². The van der Waals surface area contributed by atoms with Gasteiger partial charge in [-0.05, 0) is 42.0 Å². The number of fused-ring (bicyclic) bond motifs is 4. The number of hydrogen-bond acceptors (Lipinski definition) is 6. The van der Waals surface area contributed by atoms with Gasteiger partial charge < -0.3 is 34.8 Å². The van der Waals surface area contributed by atoms with E-state index in [2.05, 4.69) is 20.6 Å². The van der Waals surface area contributed by atoms with E-state index in [1.54, 1.807) is 19.4 Å². The monoisotopic (exact) mass is 429 g/mol. The highest BCUT2D eigenvalue weighted by atomic mass is 16.7. The lowest BCUT2D eigenvalue weighted by atomic mass is 10.0. The molecule has 0 fully saturated rings. The number of nitrogens with zero attached hydrogens (tertiary/aromatic N) is 1. The van der Waals surface area contributed by atoms with Gasteiger partial charge in [0.15, 0.2) is 11.5 Å². The first-order valence-electron chi connectivity index (χ1n) is 10.1. The van der Waals surface area contributed by atoms with Crippen molar-refractivity contribution >= 4 is 40.2 Å². The van der Waals surface area contributed by atoms with Gasteiger partial charge in [0.05, 0.1) is 29.6 Å². The Morgan fingerprint density at radius 3 is 3.00 bits per heavy atom. The largest absolute Gasteiger partial charge is 0.495 e. The van der Waals surface area contributed by atoms with E-state index in [1.807, 2.05) is 36.4 Å². The maximum Gasteiger partial charge on any atom is 0.256 e. The van der Waals surface area contributed by atoms with Crippen LogP contribution in [-0.2, 0) is 11.3 Å². The first kappa shape index (κ1) is 18.4. The number of aromatic amines is 2. The normalized spacial score (nSPS) is 15.3. The Kier molecular flexibility index (Phi) is 4.07. The minimum atomic E-state index is -0.179. The van der Waals surface area contributed by atoms with Crippen molar-refractivity contribution < 1.29 is 19.0 Å². The Labute approximate surface area is 182 Å². The van der Waals surface area contributed by atoms with Crippen molar-refractivity contribution in [2.45, 2.75) is 6.54 Å². The summed E-state index contributed by atoms with van der Waals surface area (Å²) in [5, 5.41) is 6.23. The first-order chi connectivity index (χ1) is 15.7. The summed E-state index contributed by atoms with van der Waals surface area (Å²) in [5.41, 5.74) is 5.32. The summed E-state index contributed by atoms with van der Waals surface area (Å²) in [6.45, 7) is 0.802. The maximum atomic E-state index is 12.7. The van der Waals surface area contributed by atoms with Crippen molar-refractivity contribution in [3.8, 4) is 17.2 Å². The number of anilines is 2. The Balaban J connectivity index is 1.33. The first-order valence-corrected chi connectivity index (χ1v) is 10.1. The van der Waals surface area contributed by atoms with Crippen LogP contribution >= 0.6 is 0 Å². The van der Waals surface area contributed by atoms with Crippen molar-refractivity contribution in [2.24, 2.45) is 0 Å². The third-order valence-electron chi connectivity index (χ3n) is 5.56. The summed E-state index contributed by atoms with van der Waals surface area (Å²) in [6.07, 6.45) is 3.56. The van der Waals surface area contributed by atoms with Crippen LogP contribution in [0.2, 0.25) is 0 Å². The van der Waals surface area contributed by atoms with E-state index in [-0.39, 0.29) is 12.7 Å². The van der Waals surface area contributed by atoms with Crippen LogP contribution in [-0.4, -0.2) is 34.8 Å². The lowest BCUT2D eigenvalue weighted by Gasteiger charge is -2.04. The van der Waals surface area contributed by atoms with Gasteiger partial charge >= 0.3 is 0 Å². The number of nitrogens with one attached hydrogen (secondary N) is 4. The molecule has 4 N–H and O–H groups in total. The summed E-state index contributed by atoms with van der Waals surface area (Å²) >= 11 is 0. The minimum Gasteiger partial charge on any atom is -0.495 e. The zero-order valence-corrected chi connectivity index (χ0v) is 17.1. The molecule has 4 heterocycles. The second-order valence-corrected chi connectivity index (χ2v) is 7.48. The van der Waals surface area contributed by atoms with Gasteiger partial charge in [-0.1, -0.05) is 6.07 Å². The number of methoxy groups -OCH3 is 1. The number of carbonyl (C=O) groups is 1. The molecule has 160 valence electrons. The molecule has 4 aromatic rings. The molecule has 0 spiro atoms. The average molecular weight is 429 g/mol. The molecule has 2 aromatic heterocycles.